The van der Waals surface area contributed by atoms with E-state index in [4.69, 9.17) is 23.2 Å². The standard InChI is InChI=1S/C13H7Cl2FO/c14-11-4-8(7-17)3-10(5-11)9-1-2-12(15)13(16)6-9/h1-7H. The maximum Gasteiger partial charge on any atom is 0.150 e. The maximum atomic E-state index is 13.3. The third-order valence-electron chi connectivity index (χ3n) is 2.31. The topological polar surface area (TPSA) is 17.1 Å². The molecule has 0 atom stereocenters. The third-order valence-corrected chi connectivity index (χ3v) is 2.83. The van der Waals surface area contributed by atoms with Gasteiger partial charge in [0.05, 0.1) is 5.02 Å². The number of carbonyl (C=O) groups excluding carboxylic acids is 1. The molecular weight excluding hydrogens is 262 g/mol. The molecule has 0 heterocycles. The lowest BCUT2D eigenvalue weighted by molar-refractivity contribution is 0.112. The van der Waals surface area contributed by atoms with Gasteiger partial charge in [-0.3, -0.25) is 4.79 Å². The van der Waals surface area contributed by atoms with Gasteiger partial charge in [0.1, 0.15) is 12.1 Å². The Hall–Kier alpha value is -1.38. The second-order valence-corrected chi connectivity index (χ2v) is 4.36. The van der Waals surface area contributed by atoms with E-state index in [9.17, 15) is 9.18 Å². The van der Waals surface area contributed by atoms with Crippen LogP contribution in [0, 0.1) is 5.82 Å². The molecule has 4 heteroatoms. The van der Waals surface area contributed by atoms with E-state index in [0.29, 0.717) is 28.0 Å². The van der Waals surface area contributed by atoms with Gasteiger partial charge in [-0.05, 0) is 41.5 Å². The van der Waals surface area contributed by atoms with Gasteiger partial charge in [-0.1, -0.05) is 29.3 Å². The quantitative estimate of drug-likeness (QED) is 0.727. The van der Waals surface area contributed by atoms with Crippen molar-refractivity contribution in [3.05, 3.63) is 57.8 Å². The Labute approximate surface area is 108 Å². The molecule has 0 fully saturated rings. The second kappa shape index (κ2) is 4.86. The molecule has 2 aromatic carbocycles. The van der Waals surface area contributed by atoms with Crippen molar-refractivity contribution in [1.82, 2.24) is 0 Å². The van der Waals surface area contributed by atoms with E-state index in [1.54, 1.807) is 24.3 Å². The van der Waals surface area contributed by atoms with Gasteiger partial charge in [-0.25, -0.2) is 4.39 Å². The first-order chi connectivity index (χ1) is 8.10. The molecule has 0 radical (unpaired) electrons. The van der Waals surface area contributed by atoms with Gasteiger partial charge in [-0.15, -0.1) is 0 Å². The summed E-state index contributed by atoms with van der Waals surface area (Å²) >= 11 is 11.5. The van der Waals surface area contributed by atoms with Gasteiger partial charge in [0.2, 0.25) is 0 Å². The van der Waals surface area contributed by atoms with E-state index in [2.05, 4.69) is 0 Å². The minimum absolute atomic E-state index is 0.0615. The van der Waals surface area contributed by atoms with E-state index < -0.39 is 5.82 Å². The van der Waals surface area contributed by atoms with Crippen LogP contribution in [0.1, 0.15) is 10.4 Å². The molecule has 0 amide bonds. The average Bonchev–Trinajstić information content (AvgIpc) is 2.32. The number of hydrogen-bond donors (Lipinski definition) is 0. The second-order valence-electron chi connectivity index (χ2n) is 3.52. The van der Waals surface area contributed by atoms with Crippen LogP contribution in [0.3, 0.4) is 0 Å². The molecule has 0 bridgehead atoms. The van der Waals surface area contributed by atoms with Gasteiger partial charge < -0.3 is 0 Å². The molecule has 2 rings (SSSR count). The number of carbonyl (C=O) groups is 1. The summed E-state index contributed by atoms with van der Waals surface area (Å²) in [5, 5.41) is 0.492. The van der Waals surface area contributed by atoms with Crippen molar-refractivity contribution in [2.75, 3.05) is 0 Å². The average molecular weight is 269 g/mol. The first kappa shape index (κ1) is 12.1. The first-order valence-corrected chi connectivity index (χ1v) is 5.57. The Bertz CT molecular complexity index is 582. The lowest BCUT2D eigenvalue weighted by Crippen LogP contribution is -1.85. The Kier molecular flexibility index (Phi) is 3.46. The highest BCUT2D eigenvalue weighted by Gasteiger charge is 2.05. The van der Waals surface area contributed by atoms with Crippen molar-refractivity contribution >= 4 is 29.5 Å². The Morgan fingerprint density at radius 1 is 1.00 bits per heavy atom. The van der Waals surface area contributed by atoms with Gasteiger partial charge in [0, 0.05) is 10.6 Å². The number of halogens is 3. The summed E-state index contributed by atoms with van der Waals surface area (Å²) in [6.07, 6.45) is 0.696. The molecule has 0 aliphatic heterocycles. The van der Waals surface area contributed by atoms with E-state index in [-0.39, 0.29) is 5.02 Å². The van der Waals surface area contributed by atoms with Crippen molar-refractivity contribution in [3.63, 3.8) is 0 Å². The summed E-state index contributed by atoms with van der Waals surface area (Å²) in [6.45, 7) is 0. The summed E-state index contributed by atoms with van der Waals surface area (Å²) in [5.41, 5.74) is 1.75. The van der Waals surface area contributed by atoms with Gasteiger partial charge in [0.25, 0.3) is 0 Å². The van der Waals surface area contributed by atoms with Gasteiger partial charge >= 0.3 is 0 Å². The van der Waals surface area contributed by atoms with Crippen molar-refractivity contribution < 1.29 is 9.18 Å². The van der Waals surface area contributed by atoms with Gasteiger partial charge in [-0.2, -0.15) is 0 Å². The predicted octanol–water partition coefficient (Wildman–Crippen LogP) is 4.61. The first-order valence-electron chi connectivity index (χ1n) is 4.81. The van der Waals surface area contributed by atoms with Crippen LogP contribution in [0.2, 0.25) is 10.0 Å². The number of benzene rings is 2. The summed E-state index contributed by atoms with van der Waals surface area (Å²) in [6, 6.07) is 9.30. The van der Waals surface area contributed by atoms with Gasteiger partial charge in [0.15, 0.2) is 0 Å². The summed E-state index contributed by atoms with van der Waals surface area (Å²) in [7, 11) is 0. The fourth-order valence-electron chi connectivity index (χ4n) is 1.52. The zero-order chi connectivity index (χ0) is 12.4. The van der Waals surface area contributed by atoms with Crippen LogP contribution in [0.15, 0.2) is 36.4 Å². The van der Waals surface area contributed by atoms with Crippen molar-refractivity contribution in [3.8, 4) is 11.1 Å². The smallest absolute Gasteiger partial charge is 0.150 e. The van der Waals surface area contributed by atoms with Crippen LogP contribution in [0.25, 0.3) is 11.1 Å². The molecule has 17 heavy (non-hydrogen) atoms. The molecule has 0 aliphatic carbocycles. The number of aldehydes is 1. The molecule has 1 nitrogen and oxygen atoms in total. The Balaban J connectivity index is 2.55. The van der Waals surface area contributed by atoms with Crippen molar-refractivity contribution in [2.45, 2.75) is 0 Å². The fourth-order valence-corrected chi connectivity index (χ4v) is 1.88. The highest BCUT2D eigenvalue weighted by atomic mass is 35.5. The maximum absolute atomic E-state index is 13.3. The largest absolute Gasteiger partial charge is 0.298 e. The molecule has 86 valence electrons. The van der Waals surface area contributed by atoms with Crippen LogP contribution >= 0.6 is 23.2 Å². The van der Waals surface area contributed by atoms with Crippen molar-refractivity contribution in [2.24, 2.45) is 0 Å². The molecular formula is C13H7Cl2FO. The summed E-state index contributed by atoms with van der Waals surface area (Å²) in [4.78, 5) is 10.7. The summed E-state index contributed by atoms with van der Waals surface area (Å²) < 4.78 is 13.3. The van der Waals surface area contributed by atoms with E-state index in [1.165, 1.54) is 12.1 Å². The zero-order valence-corrected chi connectivity index (χ0v) is 10.1. The SMILES string of the molecule is O=Cc1cc(Cl)cc(-c2ccc(Cl)c(F)c2)c1. The highest BCUT2D eigenvalue weighted by molar-refractivity contribution is 6.31. The molecule has 2 aromatic rings. The zero-order valence-electron chi connectivity index (χ0n) is 8.58. The molecule has 0 spiro atoms. The highest BCUT2D eigenvalue weighted by Crippen LogP contribution is 2.27. The van der Waals surface area contributed by atoms with Crippen molar-refractivity contribution in [1.29, 1.82) is 0 Å². The molecule has 0 unspecified atom stereocenters. The minimum atomic E-state index is -0.503. The fraction of sp³-hybridized carbons (Fsp3) is 0. The predicted molar refractivity (Wildman–Crippen MR) is 67.2 cm³/mol. The molecule has 0 N–H and O–H groups in total. The molecule has 0 aliphatic rings. The van der Waals surface area contributed by atoms with E-state index in [1.807, 2.05) is 0 Å². The van der Waals surface area contributed by atoms with E-state index >= 15 is 0 Å². The van der Waals surface area contributed by atoms with Crippen LogP contribution < -0.4 is 0 Å². The number of rotatable bonds is 2. The van der Waals surface area contributed by atoms with Crippen LogP contribution in [-0.4, -0.2) is 6.29 Å². The molecule has 0 aromatic heterocycles. The summed E-state index contributed by atoms with van der Waals surface area (Å²) in [5.74, 6) is -0.503. The molecule has 0 saturated carbocycles. The number of hydrogen-bond acceptors (Lipinski definition) is 1. The Morgan fingerprint density at radius 3 is 2.41 bits per heavy atom. The third kappa shape index (κ3) is 2.65. The van der Waals surface area contributed by atoms with Crippen LogP contribution in [0.5, 0.6) is 0 Å². The van der Waals surface area contributed by atoms with Crippen LogP contribution in [-0.2, 0) is 0 Å². The monoisotopic (exact) mass is 268 g/mol. The molecule has 0 saturated heterocycles. The lowest BCUT2D eigenvalue weighted by Gasteiger charge is -2.04. The lowest BCUT2D eigenvalue weighted by atomic mass is 10.0. The normalized spacial score (nSPS) is 10.3. The van der Waals surface area contributed by atoms with Crippen LogP contribution in [0.4, 0.5) is 4.39 Å². The Morgan fingerprint density at radius 2 is 1.76 bits per heavy atom. The minimum Gasteiger partial charge on any atom is -0.298 e. The van der Waals surface area contributed by atoms with E-state index in [0.717, 1.165) is 0 Å².